The Labute approximate surface area is 111 Å². The van der Waals surface area contributed by atoms with Crippen LogP contribution < -0.4 is 0 Å². The molecule has 1 N–H and O–H groups in total. The van der Waals surface area contributed by atoms with E-state index < -0.39 is 5.97 Å². The molecule has 0 aliphatic rings. The van der Waals surface area contributed by atoms with Gasteiger partial charge in [0.2, 0.25) is 0 Å². The molecule has 2 aromatic heterocycles. The normalized spacial score (nSPS) is 11.4. The monoisotopic (exact) mass is 265 g/mol. The summed E-state index contributed by atoms with van der Waals surface area (Å²) in [5.41, 5.74) is 1.34. The number of hydrogen-bond donors (Lipinski definition) is 1. The number of benzene rings is 2. The van der Waals surface area contributed by atoms with Crippen LogP contribution in [0.1, 0.15) is 10.6 Å². The number of carboxylic acids is 1. The van der Waals surface area contributed by atoms with E-state index in [1.54, 1.807) is 0 Å². The molecule has 0 radical (unpaired) electrons. The van der Waals surface area contributed by atoms with Gasteiger partial charge in [0.05, 0.1) is 5.52 Å². The largest absolute Gasteiger partial charge is 0.475 e. The molecule has 0 atom stereocenters. The van der Waals surface area contributed by atoms with Crippen LogP contribution in [0.5, 0.6) is 0 Å². The van der Waals surface area contributed by atoms with Gasteiger partial charge >= 0.3 is 5.97 Å². The lowest BCUT2D eigenvalue weighted by Crippen LogP contribution is -2.00. The van der Waals surface area contributed by atoms with Crippen LogP contribution in [-0.2, 0) is 0 Å². The molecule has 96 valence electrons. The Hall–Kier alpha value is -3.09. The fourth-order valence-electron chi connectivity index (χ4n) is 2.24. The average Bonchev–Trinajstić information content (AvgIpc) is 2.91. The molecule has 0 saturated heterocycles. The molecule has 4 rings (SSSR count). The Bertz CT molecular complexity index is 992. The average molecular weight is 265 g/mol. The molecule has 0 aliphatic heterocycles. The maximum absolute atomic E-state index is 10.9. The fraction of sp³-hybridized carbons (Fsp3) is 0. The predicted octanol–water partition coefficient (Wildman–Crippen LogP) is 1.52. The molecule has 4 aromatic rings. The number of rotatable bonds is 1. The maximum Gasteiger partial charge on any atom is 0.375 e. The van der Waals surface area contributed by atoms with E-state index in [0.29, 0.717) is 11.0 Å². The van der Waals surface area contributed by atoms with Crippen LogP contribution in [0, 0.1) is 0 Å². The second-order valence-electron chi connectivity index (χ2n) is 4.31. The van der Waals surface area contributed by atoms with Gasteiger partial charge < -0.3 is 5.11 Å². The molecular formula is C13H7N5O2. The molecule has 2 aromatic carbocycles. The Morgan fingerprint density at radius 3 is 2.80 bits per heavy atom. The first-order valence-corrected chi connectivity index (χ1v) is 5.88. The first kappa shape index (κ1) is 10.8. The first-order chi connectivity index (χ1) is 9.74. The quantitative estimate of drug-likeness (QED) is 0.524. The number of hydrogen-bond acceptors (Lipinski definition) is 5. The molecule has 7 heteroatoms. The standard InChI is InChI=1S/C13H7N5O2/c19-12(20)11-14-13-16-15-10-8-4-2-1-3-7(8)5-6-9(10)18(13)17-11/h1-6H,(H,19,20). The van der Waals surface area contributed by atoms with Crippen molar-refractivity contribution in [2.75, 3.05) is 0 Å². The zero-order valence-electron chi connectivity index (χ0n) is 10.1. The lowest BCUT2D eigenvalue weighted by molar-refractivity contribution is 0.0684. The van der Waals surface area contributed by atoms with Crippen molar-refractivity contribution < 1.29 is 9.90 Å². The van der Waals surface area contributed by atoms with Crippen LogP contribution in [0.4, 0.5) is 0 Å². The number of nitrogens with zero attached hydrogens (tertiary/aromatic N) is 5. The van der Waals surface area contributed by atoms with Crippen molar-refractivity contribution in [2.45, 2.75) is 0 Å². The third kappa shape index (κ3) is 1.37. The van der Waals surface area contributed by atoms with Crippen molar-refractivity contribution >= 4 is 33.6 Å². The molecule has 0 aliphatic carbocycles. The lowest BCUT2D eigenvalue weighted by Gasteiger charge is -2.02. The molecule has 0 fully saturated rings. The van der Waals surface area contributed by atoms with Crippen molar-refractivity contribution in [3.8, 4) is 0 Å². The molecule has 7 nitrogen and oxygen atoms in total. The van der Waals surface area contributed by atoms with E-state index in [4.69, 9.17) is 5.11 Å². The van der Waals surface area contributed by atoms with Crippen LogP contribution >= 0.6 is 0 Å². The Morgan fingerprint density at radius 1 is 1.10 bits per heavy atom. The van der Waals surface area contributed by atoms with Gasteiger partial charge in [0.25, 0.3) is 11.6 Å². The number of fused-ring (bicyclic) bond motifs is 5. The van der Waals surface area contributed by atoms with Gasteiger partial charge in [-0.25, -0.2) is 4.79 Å². The van der Waals surface area contributed by atoms with Crippen molar-refractivity contribution in [3.63, 3.8) is 0 Å². The molecule has 0 bridgehead atoms. The van der Waals surface area contributed by atoms with Crippen LogP contribution in [0.25, 0.3) is 27.6 Å². The minimum atomic E-state index is -1.19. The Morgan fingerprint density at radius 2 is 1.95 bits per heavy atom. The van der Waals surface area contributed by atoms with Gasteiger partial charge in [-0.05, 0) is 11.5 Å². The van der Waals surface area contributed by atoms with E-state index in [2.05, 4.69) is 20.3 Å². The predicted molar refractivity (Wildman–Crippen MR) is 70.5 cm³/mol. The Balaban J connectivity index is 2.19. The van der Waals surface area contributed by atoms with Crippen molar-refractivity contribution in [3.05, 3.63) is 42.2 Å². The summed E-state index contributed by atoms with van der Waals surface area (Å²) in [6, 6.07) is 11.5. The van der Waals surface area contributed by atoms with E-state index >= 15 is 0 Å². The molecule has 2 heterocycles. The summed E-state index contributed by atoms with van der Waals surface area (Å²) in [4.78, 5) is 14.8. The van der Waals surface area contributed by atoms with E-state index in [0.717, 1.165) is 10.8 Å². The topological polar surface area (TPSA) is 93.3 Å². The second kappa shape index (κ2) is 3.70. The van der Waals surface area contributed by atoms with Crippen molar-refractivity contribution in [1.82, 2.24) is 24.8 Å². The number of carboxylic acid groups (broad SMARTS) is 1. The Kier molecular flexibility index (Phi) is 2.00. The molecule has 0 spiro atoms. The highest BCUT2D eigenvalue weighted by Gasteiger charge is 2.14. The van der Waals surface area contributed by atoms with Crippen molar-refractivity contribution in [1.29, 1.82) is 0 Å². The minimum Gasteiger partial charge on any atom is -0.475 e. The number of aromatic carboxylic acids is 1. The second-order valence-corrected chi connectivity index (χ2v) is 4.31. The highest BCUT2D eigenvalue weighted by Crippen LogP contribution is 2.22. The summed E-state index contributed by atoms with van der Waals surface area (Å²) < 4.78 is 1.40. The van der Waals surface area contributed by atoms with Gasteiger partial charge in [-0.2, -0.15) is 9.50 Å². The maximum atomic E-state index is 10.9. The van der Waals surface area contributed by atoms with E-state index in [1.165, 1.54) is 4.52 Å². The first-order valence-electron chi connectivity index (χ1n) is 5.88. The lowest BCUT2D eigenvalue weighted by atomic mass is 10.1. The van der Waals surface area contributed by atoms with Gasteiger partial charge in [-0.15, -0.1) is 15.3 Å². The van der Waals surface area contributed by atoms with Gasteiger partial charge in [0.1, 0.15) is 5.52 Å². The summed E-state index contributed by atoms with van der Waals surface area (Å²) in [5, 5.41) is 22.9. The van der Waals surface area contributed by atoms with Crippen LogP contribution in [0.15, 0.2) is 36.4 Å². The van der Waals surface area contributed by atoms with Crippen LogP contribution in [0.3, 0.4) is 0 Å². The highest BCUT2D eigenvalue weighted by molar-refractivity contribution is 6.04. The summed E-state index contributed by atoms with van der Waals surface area (Å²) in [5.74, 6) is -1.31. The summed E-state index contributed by atoms with van der Waals surface area (Å²) in [6.07, 6.45) is 0. The zero-order chi connectivity index (χ0) is 13.7. The summed E-state index contributed by atoms with van der Waals surface area (Å²) in [6.45, 7) is 0. The van der Waals surface area contributed by atoms with Gasteiger partial charge in [0, 0.05) is 5.39 Å². The van der Waals surface area contributed by atoms with E-state index in [-0.39, 0.29) is 11.6 Å². The smallest absolute Gasteiger partial charge is 0.375 e. The molecule has 0 saturated carbocycles. The van der Waals surface area contributed by atoms with Gasteiger partial charge in [-0.3, -0.25) is 0 Å². The molecule has 0 amide bonds. The summed E-state index contributed by atoms with van der Waals surface area (Å²) >= 11 is 0. The minimum absolute atomic E-state index is 0.171. The zero-order valence-corrected chi connectivity index (χ0v) is 10.1. The van der Waals surface area contributed by atoms with E-state index in [9.17, 15) is 4.79 Å². The number of carbonyl (C=O) groups is 1. The fourth-order valence-corrected chi connectivity index (χ4v) is 2.24. The van der Waals surface area contributed by atoms with Crippen molar-refractivity contribution in [2.24, 2.45) is 0 Å². The SMILES string of the molecule is O=C(O)c1nc2nnc3c4ccccc4ccc3n2n1. The van der Waals surface area contributed by atoms with Crippen LogP contribution in [-0.4, -0.2) is 35.9 Å². The number of aromatic nitrogens is 5. The molecular weight excluding hydrogens is 258 g/mol. The third-order valence-electron chi connectivity index (χ3n) is 3.13. The highest BCUT2D eigenvalue weighted by atomic mass is 16.4. The molecule has 20 heavy (non-hydrogen) atoms. The van der Waals surface area contributed by atoms with Gasteiger partial charge in [0.15, 0.2) is 0 Å². The summed E-state index contributed by atoms with van der Waals surface area (Å²) in [7, 11) is 0. The van der Waals surface area contributed by atoms with E-state index in [1.807, 2.05) is 36.4 Å². The van der Waals surface area contributed by atoms with Gasteiger partial charge in [-0.1, -0.05) is 30.3 Å². The molecule has 0 unspecified atom stereocenters. The third-order valence-corrected chi connectivity index (χ3v) is 3.13. The van der Waals surface area contributed by atoms with Crippen LogP contribution in [0.2, 0.25) is 0 Å².